The molecular formula is C39H33IrN3-2. The van der Waals surface area contributed by atoms with E-state index in [1.54, 1.807) is 6.20 Å². The molecule has 0 atom stereocenters. The predicted octanol–water partition coefficient (Wildman–Crippen LogP) is 9.39. The van der Waals surface area contributed by atoms with Crippen LogP contribution in [0.5, 0.6) is 0 Å². The first-order valence-electron chi connectivity index (χ1n) is 14.3. The zero-order valence-electron chi connectivity index (χ0n) is 25.1. The Balaban J connectivity index is 0.000000167. The Morgan fingerprint density at radius 2 is 1.33 bits per heavy atom. The molecule has 43 heavy (non-hydrogen) atoms. The van der Waals surface area contributed by atoms with E-state index in [2.05, 4.69) is 135 Å². The SMILES string of the molecule is CC1(C)c2ccccc2-c2cnc(-c3[c-]nccc3)cc21.Cc1cnc(-c2[c-]cc(C)c(-c3ccccc3)c2)cc1C.[Ir]. The number of hydrogen-bond donors (Lipinski definition) is 0. The Morgan fingerprint density at radius 1 is 0.605 bits per heavy atom. The number of pyridine rings is 3. The third kappa shape index (κ3) is 5.99. The first kappa shape index (κ1) is 30.2. The fraction of sp³-hybridized carbons (Fsp3) is 0.154. The van der Waals surface area contributed by atoms with Crippen molar-refractivity contribution in [2.24, 2.45) is 0 Å². The number of benzene rings is 3. The molecule has 0 unspecified atom stereocenters. The van der Waals surface area contributed by atoms with Crippen LogP contribution >= 0.6 is 0 Å². The number of rotatable bonds is 3. The van der Waals surface area contributed by atoms with E-state index in [4.69, 9.17) is 0 Å². The summed E-state index contributed by atoms with van der Waals surface area (Å²) in [6.45, 7) is 10.9. The molecule has 1 aliphatic carbocycles. The van der Waals surface area contributed by atoms with Crippen molar-refractivity contribution >= 4 is 0 Å². The molecule has 6 aromatic rings. The Labute approximate surface area is 268 Å². The second kappa shape index (κ2) is 12.6. The van der Waals surface area contributed by atoms with Gasteiger partial charge in [0, 0.05) is 43.5 Å². The Morgan fingerprint density at radius 3 is 2.07 bits per heavy atom. The third-order valence-corrected chi connectivity index (χ3v) is 8.24. The van der Waals surface area contributed by atoms with Gasteiger partial charge in [-0.2, -0.15) is 0 Å². The van der Waals surface area contributed by atoms with E-state index in [0.717, 1.165) is 22.5 Å². The monoisotopic (exact) mass is 736 g/mol. The molecule has 3 heterocycles. The van der Waals surface area contributed by atoms with Gasteiger partial charge in [0.15, 0.2) is 0 Å². The maximum atomic E-state index is 4.61. The van der Waals surface area contributed by atoms with Gasteiger partial charge in [0.05, 0.1) is 0 Å². The zero-order valence-corrected chi connectivity index (χ0v) is 27.5. The van der Waals surface area contributed by atoms with Crippen molar-refractivity contribution in [1.82, 2.24) is 15.0 Å². The van der Waals surface area contributed by atoms with E-state index in [9.17, 15) is 0 Å². The quantitative estimate of drug-likeness (QED) is 0.170. The molecule has 0 fully saturated rings. The van der Waals surface area contributed by atoms with Crippen LogP contribution in [0, 0.1) is 33.0 Å². The van der Waals surface area contributed by atoms with E-state index in [1.807, 2.05) is 30.6 Å². The summed E-state index contributed by atoms with van der Waals surface area (Å²) in [6.07, 6.45) is 8.66. The molecular weight excluding hydrogens is 703 g/mol. The van der Waals surface area contributed by atoms with Crippen molar-refractivity contribution in [2.45, 2.75) is 40.0 Å². The molecule has 3 aromatic carbocycles. The van der Waals surface area contributed by atoms with Gasteiger partial charge < -0.3 is 15.0 Å². The van der Waals surface area contributed by atoms with Gasteiger partial charge in [0.1, 0.15) is 0 Å². The van der Waals surface area contributed by atoms with Crippen LogP contribution in [-0.2, 0) is 25.5 Å². The number of aryl methyl sites for hydroxylation is 3. The van der Waals surface area contributed by atoms with Crippen LogP contribution in [0.2, 0.25) is 0 Å². The molecule has 0 amide bonds. The van der Waals surface area contributed by atoms with E-state index < -0.39 is 0 Å². The number of nitrogens with zero attached hydrogens (tertiary/aromatic N) is 3. The normalized spacial score (nSPS) is 12.3. The first-order chi connectivity index (χ1) is 20.3. The van der Waals surface area contributed by atoms with Gasteiger partial charge in [-0.3, -0.25) is 0 Å². The standard InChI is InChI=1S/C20H18N.C19H15N2.Ir/c1-14-9-10-18(20-11-15(2)16(3)13-21-20)12-19(14)17-7-5-4-6-8-17;1-19(2)16-8-4-3-7-14(16)15-12-21-18(10-17(15)19)13-6-5-9-20-11-13;/h4-9,11-13H,1-3H3;3-10,12H,1-2H3;/q2*-1;. The van der Waals surface area contributed by atoms with Gasteiger partial charge in [-0.1, -0.05) is 105 Å². The van der Waals surface area contributed by atoms with Crippen LogP contribution in [-0.4, -0.2) is 15.0 Å². The summed E-state index contributed by atoms with van der Waals surface area (Å²) >= 11 is 0. The van der Waals surface area contributed by atoms with Crippen molar-refractivity contribution < 1.29 is 20.1 Å². The minimum atomic E-state index is 0. The fourth-order valence-electron chi connectivity index (χ4n) is 5.62. The molecule has 0 bridgehead atoms. The van der Waals surface area contributed by atoms with Gasteiger partial charge in [-0.05, 0) is 59.2 Å². The summed E-state index contributed by atoms with van der Waals surface area (Å²) in [6, 6.07) is 34.9. The second-order valence-corrected chi connectivity index (χ2v) is 11.4. The van der Waals surface area contributed by atoms with Crippen molar-refractivity contribution in [3.63, 3.8) is 0 Å². The van der Waals surface area contributed by atoms with E-state index in [0.29, 0.717) is 0 Å². The molecule has 3 nitrogen and oxygen atoms in total. The maximum Gasteiger partial charge on any atom is 0.0242 e. The average Bonchev–Trinajstić information content (AvgIpc) is 3.26. The van der Waals surface area contributed by atoms with Gasteiger partial charge in [0.25, 0.3) is 0 Å². The summed E-state index contributed by atoms with van der Waals surface area (Å²) in [5.74, 6) is 0. The summed E-state index contributed by atoms with van der Waals surface area (Å²) in [5, 5.41) is 0. The fourth-order valence-corrected chi connectivity index (χ4v) is 5.62. The van der Waals surface area contributed by atoms with E-state index in [-0.39, 0.29) is 25.5 Å². The van der Waals surface area contributed by atoms with Gasteiger partial charge in [-0.25, -0.2) is 0 Å². The average molecular weight is 736 g/mol. The minimum absolute atomic E-state index is 0. The molecule has 0 saturated heterocycles. The van der Waals surface area contributed by atoms with Gasteiger partial charge >= 0.3 is 0 Å². The Kier molecular flexibility index (Phi) is 8.82. The summed E-state index contributed by atoms with van der Waals surface area (Å²) in [4.78, 5) is 13.2. The van der Waals surface area contributed by atoms with E-state index >= 15 is 0 Å². The van der Waals surface area contributed by atoms with E-state index in [1.165, 1.54) is 50.1 Å². The van der Waals surface area contributed by atoms with Crippen LogP contribution in [0.3, 0.4) is 0 Å². The predicted molar refractivity (Wildman–Crippen MR) is 172 cm³/mol. The molecule has 215 valence electrons. The molecule has 0 saturated carbocycles. The summed E-state index contributed by atoms with van der Waals surface area (Å²) < 4.78 is 0. The van der Waals surface area contributed by atoms with Gasteiger partial charge in [0.2, 0.25) is 0 Å². The van der Waals surface area contributed by atoms with Crippen LogP contribution < -0.4 is 0 Å². The summed E-state index contributed by atoms with van der Waals surface area (Å²) in [5.41, 5.74) is 15.3. The molecule has 1 radical (unpaired) electrons. The van der Waals surface area contributed by atoms with Crippen molar-refractivity contribution in [1.29, 1.82) is 0 Å². The number of hydrogen-bond acceptors (Lipinski definition) is 3. The molecule has 3 aromatic heterocycles. The van der Waals surface area contributed by atoms with Crippen LogP contribution in [0.25, 0.3) is 44.8 Å². The molecule has 1 aliphatic rings. The number of aromatic nitrogens is 3. The van der Waals surface area contributed by atoms with Crippen LogP contribution in [0.4, 0.5) is 0 Å². The first-order valence-corrected chi connectivity index (χ1v) is 14.3. The van der Waals surface area contributed by atoms with Crippen LogP contribution in [0.15, 0.2) is 110 Å². The molecule has 0 N–H and O–H groups in total. The molecule has 0 aliphatic heterocycles. The van der Waals surface area contributed by atoms with Crippen molar-refractivity contribution in [3.05, 3.63) is 150 Å². The maximum absolute atomic E-state index is 4.61. The minimum Gasteiger partial charge on any atom is -0.360 e. The van der Waals surface area contributed by atoms with Crippen LogP contribution in [0.1, 0.15) is 41.7 Å². The molecule has 7 rings (SSSR count). The van der Waals surface area contributed by atoms with Crippen molar-refractivity contribution in [2.75, 3.05) is 0 Å². The smallest absolute Gasteiger partial charge is 0.0242 e. The Hall–Kier alpha value is -4.24. The zero-order chi connectivity index (χ0) is 29.3. The second-order valence-electron chi connectivity index (χ2n) is 11.4. The Bertz CT molecular complexity index is 1880. The van der Waals surface area contributed by atoms with Gasteiger partial charge in [-0.15, -0.1) is 47.0 Å². The summed E-state index contributed by atoms with van der Waals surface area (Å²) in [7, 11) is 0. The largest absolute Gasteiger partial charge is 0.360 e. The number of fused-ring (bicyclic) bond motifs is 3. The topological polar surface area (TPSA) is 38.7 Å². The third-order valence-electron chi connectivity index (χ3n) is 8.24. The molecule has 4 heteroatoms. The molecule has 0 spiro atoms. The van der Waals surface area contributed by atoms with Crippen molar-refractivity contribution in [3.8, 4) is 44.8 Å².